The minimum Gasteiger partial charge on any atom is -0.335 e. The van der Waals surface area contributed by atoms with Crippen LogP contribution in [0.5, 0.6) is 0 Å². The Balaban J connectivity index is 2.17. The second kappa shape index (κ2) is 6.35. The van der Waals surface area contributed by atoms with Crippen molar-refractivity contribution in [3.05, 3.63) is 71.3 Å². The van der Waals surface area contributed by atoms with Gasteiger partial charge in [0.05, 0.1) is 6.04 Å². The summed E-state index contributed by atoms with van der Waals surface area (Å²) in [4.78, 5) is 14.4. The number of benzene rings is 2. The second-order valence-corrected chi connectivity index (χ2v) is 6.83. The van der Waals surface area contributed by atoms with Crippen LogP contribution >= 0.6 is 0 Å². The standard InChI is InChI=1S/C20H25NO/c1-15(16-9-7-6-8-10-16)21(5)19(22)17-11-13-18(14-12-17)20(2,3)4/h6-15H,1-5H3. The van der Waals surface area contributed by atoms with E-state index in [4.69, 9.17) is 0 Å². The highest BCUT2D eigenvalue weighted by Crippen LogP contribution is 2.24. The van der Waals surface area contributed by atoms with E-state index in [0.29, 0.717) is 0 Å². The Morgan fingerprint density at radius 2 is 1.50 bits per heavy atom. The molecule has 0 aliphatic rings. The molecule has 0 saturated heterocycles. The summed E-state index contributed by atoms with van der Waals surface area (Å²) in [5.74, 6) is 0.0526. The zero-order valence-electron chi connectivity index (χ0n) is 14.1. The minimum absolute atomic E-state index is 0.0518. The average molecular weight is 295 g/mol. The van der Waals surface area contributed by atoms with Gasteiger partial charge in [-0.05, 0) is 35.6 Å². The molecule has 0 radical (unpaired) electrons. The Morgan fingerprint density at radius 1 is 0.955 bits per heavy atom. The van der Waals surface area contributed by atoms with Gasteiger partial charge in [-0.3, -0.25) is 4.79 Å². The second-order valence-electron chi connectivity index (χ2n) is 6.83. The Labute approximate surface area is 133 Å². The molecule has 0 aliphatic carbocycles. The highest BCUT2D eigenvalue weighted by molar-refractivity contribution is 5.94. The zero-order chi connectivity index (χ0) is 16.3. The number of carbonyl (C=O) groups excluding carboxylic acids is 1. The molecule has 0 spiro atoms. The van der Waals surface area contributed by atoms with Crippen LogP contribution in [0.2, 0.25) is 0 Å². The SMILES string of the molecule is CC(c1ccccc1)N(C)C(=O)c1ccc(C(C)(C)C)cc1. The third-order valence-electron chi connectivity index (χ3n) is 4.18. The molecule has 0 N–H and O–H groups in total. The van der Waals surface area contributed by atoms with Crippen LogP contribution in [0.15, 0.2) is 54.6 Å². The lowest BCUT2D eigenvalue weighted by atomic mass is 9.86. The zero-order valence-corrected chi connectivity index (χ0v) is 14.1. The fourth-order valence-corrected chi connectivity index (χ4v) is 2.45. The van der Waals surface area contributed by atoms with E-state index in [1.165, 1.54) is 5.56 Å². The first-order valence-electron chi connectivity index (χ1n) is 7.73. The van der Waals surface area contributed by atoms with Crippen molar-refractivity contribution in [2.45, 2.75) is 39.2 Å². The summed E-state index contributed by atoms with van der Waals surface area (Å²) in [5.41, 5.74) is 3.22. The van der Waals surface area contributed by atoms with Gasteiger partial charge in [0, 0.05) is 12.6 Å². The van der Waals surface area contributed by atoms with Gasteiger partial charge in [-0.1, -0.05) is 63.2 Å². The number of nitrogens with zero attached hydrogens (tertiary/aromatic N) is 1. The van der Waals surface area contributed by atoms with Gasteiger partial charge >= 0.3 is 0 Å². The molecule has 0 aliphatic heterocycles. The smallest absolute Gasteiger partial charge is 0.254 e. The predicted octanol–water partition coefficient (Wildman–Crippen LogP) is 4.82. The van der Waals surface area contributed by atoms with Gasteiger partial charge in [0.1, 0.15) is 0 Å². The topological polar surface area (TPSA) is 20.3 Å². The molecular weight excluding hydrogens is 270 g/mol. The molecule has 22 heavy (non-hydrogen) atoms. The third-order valence-corrected chi connectivity index (χ3v) is 4.18. The Bertz CT molecular complexity index is 623. The summed E-state index contributed by atoms with van der Waals surface area (Å²) >= 11 is 0. The monoisotopic (exact) mass is 295 g/mol. The summed E-state index contributed by atoms with van der Waals surface area (Å²) in [7, 11) is 1.86. The van der Waals surface area contributed by atoms with E-state index >= 15 is 0 Å². The first-order valence-corrected chi connectivity index (χ1v) is 7.73. The number of hydrogen-bond donors (Lipinski definition) is 0. The fourth-order valence-electron chi connectivity index (χ4n) is 2.45. The molecule has 1 unspecified atom stereocenters. The summed E-state index contributed by atoms with van der Waals surface area (Å²) in [5, 5.41) is 0. The lowest BCUT2D eigenvalue weighted by Gasteiger charge is -2.26. The Morgan fingerprint density at radius 3 is 2.00 bits per heavy atom. The maximum Gasteiger partial charge on any atom is 0.254 e. The lowest BCUT2D eigenvalue weighted by Crippen LogP contribution is -2.29. The molecule has 1 amide bonds. The van der Waals surface area contributed by atoms with Gasteiger partial charge in [-0.25, -0.2) is 0 Å². The minimum atomic E-state index is 0.0518. The molecule has 2 heteroatoms. The molecule has 2 aromatic carbocycles. The van der Waals surface area contributed by atoms with Crippen molar-refractivity contribution < 1.29 is 4.79 Å². The molecule has 0 fully saturated rings. The number of rotatable bonds is 3. The Kier molecular flexibility index (Phi) is 4.70. The van der Waals surface area contributed by atoms with Crippen LogP contribution in [-0.2, 0) is 5.41 Å². The summed E-state index contributed by atoms with van der Waals surface area (Å²) in [6.07, 6.45) is 0. The van der Waals surface area contributed by atoms with Crippen molar-refractivity contribution >= 4 is 5.91 Å². The summed E-state index contributed by atoms with van der Waals surface area (Å²) in [6.45, 7) is 8.57. The molecule has 2 aromatic rings. The lowest BCUT2D eigenvalue weighted by molar-refractivity contribution is 0.0742. The maximum atomic E-state index is 12.6. The van der Waals surface area contributed by atoms with Crippen LogP contribution in [0.1, 0.15) is 55.2 Å². The average Bonchev–Trinajstić information content (AvgIpc) is 2.53. The quantitative estimate of drug-likeness (QED) is 0.795. The van der Waals surface area contributed by atoms with Crippen LogP contribution in [-0.4, -0.2) is 17.9 Å². The van der Waals surface area contributed by atoms with E-state index < -0.39 is 0 Å². The molecule has 0 bridgehead atoms. The maximum absolute atomic E-state index is 12.6. The van der Waals surface area contributed by atoms with E-state index in [-0.39, 0.29) is 17.4 Å². The van der Waals surface area contributed by atoms with Crippen molar-refractivity contribution in [2.75, 3.05) is 7.05 Å². The van der Waals surface area contributed by atoms with E-state index in [2.05, 4.69) is 39.8 Å². The number of carbonyl (C=O) groups is 1. The predicted molar refractivity (Wildman–Crippen MR) is 92.1 cm³/mol. The van der Waals surface area contributed by atoms with Crippen molar-refractivity contribution in [3.63, 3.8) is 0 Å². The molecule has 0 aromatic heterocycles. The van der Waals surface area contributed by atoms with Crippen molar-refractivity contribution in [3.8, 4) is 0 Å². The molecule has 1 atom stereocenters. The van der Waals surface area contributed by atoms with E-state index in [0.717, 1.165) is 11.1 Å². The third kappa shape index (κ3) is 3.56. The number of hydrogen-bond acceptors (Lipinski definition) is 1. The molecule has 0 saturated carbocycles. The first kappa shape index (κ1) is 16.3. The van der Waals surface area contributed by atoms with E-state index in [1.54, 1.807) is 4.90 Å². The first-order chi connectivity index (χ1) is 10.3. The van der Waals surface area contributed by atoms with Gasteiger partial charge in [-0.15, -0.1) is 0 Å². The van der Waals surface area contributed by atoms with Crippen molar-refractivity contribution in [2.24, 2.45) is 0 Å². The van der Waals surface area contributed by atoms with Gasteiger partial charge in [0.2, 0.25) is 0 Å². The van der Waals surface area contributed by atoms with E-state index in [1.807, 2.05) is 49.5 Å². The molecule has 0 heterocycles. The Hall–Kier alpha value is -2.09. The summed E-state index contributed by atoms with van der Waals surface area (Å²) in [6, 6.07) is 18.1. The molecule has 116 valence electrons. The highest BCUT2D eigenvalue weighted by atomic mass is 16.2. The molecular formula is C20H25NO. The fraction of sp³-hybridized carbons (Fsp3) is 0.350. The van der Waals surface area contributed by atoms with Gasteiger partial charge in [0.25, 0.3) is 5.91 Å². The normalized spacial score (nSPS) is 12.8. The molecule has 2 rings (SSSR count). The van der Waals surface area contributed by atoms with Crippen LogP contribution in [0.4, 0.5) is 0 Å². The molecule has 2 nitrogen and oxygen atoms in total. The van der Waals surface area contributed by atoms with Crippen LogP contribution < -0.4 is 0 Å². The van der Waals surface area contributed by atoms with E-state index in [9.17, 15) is 4.79 Å². The largest absolute Gasteiger partial charge is 0.335 e. The summed E-state index contributed by atoms with van der Waals surface area (Å²) < 4.78 is 0. The van der Waals surface area contributed by atoms with Crippen LogP contribution in [0.25, 0.3) is 0 Å². The van der Waals surface area contributed by atoms with Crippen molar-refractivity contribution in [1.82, 2.24) is 4.90 Å². The van der Waals surface area contributed by atoms with Gasteiger partial charge in [-0.2, -0.15) is 0 Å². The van der Waals surface area contributed by atoms with Crippen molar-refractivity contribution in [1.29, 1.82) is 0 Å². The highest BCUT2D eigenvalue weighted by Gasteiger charge is 2.20. The van der Waals surface area contributed by atoms with Crippen LogP contribution in [0.3, 0.4) is 0 Å². The van der Waals surface area contributed by atoms with Gasteiger partial charge < -0.3 is 4.90 Å². The van der Waals surface area contributed by atoms with Crippen LogP contribution in [0, 0.1) is 0 Å². The number of amides is 1. The van der Waals surface area contributed by atoms with Gasteiger partial charge in [0.15, 0.2) is 0 Å².